The third-order valence-electron chi connectivity index (χ3n) is 2.75. The van der Waals surface area contributed by atoms with E-state index in [1.807, 2.05) is 38.1 Å². The molecule has 0 aliphatic carbocycles. The average molecular weight is 307 g/mol. The minimum atomic E-state index is -0.629. The molecule has 0 saturated carbocycles. The van der Waals surface area contributed by atoms with E-state index in [-0.39, 0.29) is 12.6 Å². The number of aryl methyl sites for hydroxylation is 1. The van der Waals surface area contributed by atoms with Crippen molar-refractivity contribution >= 4 is 12.1 Å². The molecule has 1 rings (SSSR count). The molecule has 0 fully saturated rings. The second-order valence-electron chi connectivity index (χ2n) is 6.35. The molecule has 1 aromatic carbocycles. The Hall–Kier alpha value is -2.04. The van der Waals surface area contributed by atoms with E-state index in [1.54, 1.807) is 20.8 Å². The highest BCUT2D eigenvalue weighted by molar-refractivity contribution is 5.78. The van der Waals surface area contributed by atoms with Gasteiger partial charge in [-0.15, -0.1) is 0 Å². The summed E-state index contributed by atoms with van der Waals surface area (Å²) in [7, 11) is 0. The van der Waals surface area contributed by atoms with E-state index in [0.29, 0.717) is 6.42 Å². The summed E-state index contributed by atoms with van der Waals surface area (Å²) in [4.78, 5) is 23.1. The van der Waals surface area contributed by atoms with Gasteiger partial charge in [-0.05, 0) is 40.2 Å². The predicted octanol–water partition coefficient (Wildman–Crippen LogP) is 2.99. The number of benzene rings is 1. The van der Waals surface area contributed by atoms with Crippen LogP contribution in [0.4, 0.5) is 4.79 Å². The number of hydrogen-bond donors (Lipinski definition) is 1. The zero-order valence-corrected chi connectivity index (χ0v) is 13.9. The van der Waals surface area contributed by atoms with Crippen molar-refractivity contribution in [1.29, 1.82) is 0 Å². The van der Waals surface area contributed by atoms with E-state index in [0.717, 1.165) is 5.56 Å². The summed E-state index contributed by atoms with van der Waals surface area (Å²) in [5, 5.41) is 2.38. The van der Waals surface area contributed by atoms with Crippen LogP contribution in [0.3, 0.4) is 0 Å². The molecule has 0 aromatic heterocycles. The maximum Gasteiger partial charge on any atom is 0.408 e. The molecule has 1 unspecified atom stereocenters. The smallest absolute Gasteiger partial charge is 0.408 e. The lowest BCUT2D eigenvalue weighted by molar-refractivity contribution is -0.147. The van der Waals surface area contributed by atoms with Crippen LogP contribution >= 0.6 is 0 Å². The fourth-order valence-electron chi connectivity index (χ4n) is 1.82. The van der Waals surface area contributed by atoms with Gasteiger partial charge in [0, 0.05) is 6.42 Å². The first-order valence-electron chi connectivity index (χ1n) is 7.37. The van der Waals surface area contributed by atoms with Crippen LogP contribution < -0.4 is 5.32 Å². The second kappa shape index (κ2) is 7.82. The lowest BCUT2D eigenvalue weighted by Crippen LogP contribution is -2.36. The number of carbonyl (C=O) groups is 2. The lowest BCUT2D eigenvalue weighted by Gasteiger charge is -2.19. The Labute approximate surface area is 132 Å². The third kappa shape index (κ3) is 7.67. The van der Waals surface area contributed by atoms with Crippen molar-refractivity contribution in [3.63, 3.8) is 0 Å². The van der Waals surface area contributed by atoms with Crippen molar-refractivity contribution in [3.05, 3.63) is 35.4 Å². The zero-order chi connectivity index (χ0) is 16.8. The average Bonchev–Trinajstić information content (AvgIpc) is 2.37. The van der Waals surface area contributed by atoms with Crippen molar-refractivity contribution in [1.82, 2.24) is 5.32 Å². The number of amides is 1. The molecule has 1 atom stereocenters. The van der Waals surface area contributed by atoms with Crippen LogP contribution in [0.1, 0.15) is 38.8 Å². The van der Waals surface area contributed by atoms with Gasteiger partial charge in [0.1, 0.15) is 18.2 Å². The van der Waals surface area contributed by atoms with Gasteiger partial charge < -0.3 is 14.8 Å². The number of alkyl carbamates (subject to hydrolysis) is 1. The van der Waals surface area contributed by atoms with Crippen molar-refractivity contribution < 1.29 is 19.1 Å². The third-order valence-corrected chi connectivity index (χ3v) is 2.75. The maximum absolute atomic E-state index is 11.7. The molecule has 0 aliphatic rings. The molecular formula is C17H25NO4. The van der Waals surface area contributed by atoms with Gasteiger partial charge in [0.05, 0.1) is 0 Å². The van der Waals surface area contributed by atoms with Gasteiger partial charge in [-0.3, -0.25) is 4.79 Å². The number of hydrogen-bond acceptors (Lipinski definition) is 4. The van der Waals surface area contributed by atoms with Crippen LogP contribution in [0.25, 0.3) is 0 Å². The summed E-state index contributed by atoms with van der Waals surface area (Å²) in [6.07, 6.45) is -0.246. The van der Waals surface area contributed by atoms with E-state index in [1.165, 1.54) is 5.56 Å². The molecule has 1 amide bonds. The minimum Gasteiger partial charge on any atom is -0.461 e. The zero-order valence-electron chi connectivity index (χ0n) is 13.9. The number of esters is 1. The van der Waals surface area contributed by atoms with Crippen LogP contribution in [0.2, 0.25) is 0 Å². The summed E-state index contributed by atoms with van der Waals surface area (Å²) in [6, 6.07) is 8.07. The molecule has 5 heteroatoms. The second-order valence-corrected chi connectivity index (χ2v) is 6.35. The van der Waals surface area contributed by atoms with Crippen molar-refractivity contribution in [2.75, 3.05) is 6.54 Å². The Morgan fingerprint density at radius 2 is 1.77 bits per heavy atom. The van der Waals surface area contributed by atoms with E-state index < -0.39 is 17.7 Å². The molecule has 5 nitrogen and oxygen atoms in total. The van der Waals surface area contributed by atoms with Crippen molar-refractivity contribution in [3.8, 4) is 0 Å². The Morgan fingerprint density at radius 3 is 2.32 bits per heavy atom. The van der Waals surface area contributed by atoms with Crippen molar-refractivity contribution in [2.24, 2.45) is 0 Å². The van der Waals surface area contributed by atoms with E-state index in [4.69, 9.17) is 9.47 Å². The van der Waals surface area contributed by atoms with Crippen molar-refractivity contribution in [2.45, 2.75) is 52.7 Å². The Morgan fingerprint density at radius 1 is 1.18 bits per heavy atom. The predicted molar refractivity (Wildman–Crippen MR) is 84.7 cm³/mol. The summed E-state index contributed by atoms with van der Waals surface area (Å²) >= 11 is 0. The highest BCUT2D eigenvalue weighted by Crippen LogP contribution is 2.08. The summed E-state index contributed by atoms with van der Waals surface area (Å²) in [6.45, 7) is 8.92. The van der Waals surface area contributed by atoms with Gasteiger partial charge in [-0.2, -0.15) is 0 Å². The van der Waals surface area contributed by atoms with E-state index in [2.05, 4.69) is 5.32 Å². The van der Waals surface area contributed by atoms with Crippen LogP contribution in [0.5, 0.6) is 0 Å². The van der Waals surface area contributed by atoms with Gasteiger partial charge in [-0.1, -0.05) is 29.8 Å². The number of rotatable bonds is 5. The van der Waals surface area contributed by atoms with Gasteiger partial charge in [-0.25, -0.2) is 4.79 Å². The summed E-state index contributed by atoms with van der Waals surface area (Å²) < 4.78 is 10.3. The molecule has 0 bridgehead atoms. The van der Waals surface area contributed by atoms with Gasteiger partial charge in [0.2, 0.25) is 0 Å². The van der Waals surface area contributed by atoms with Gasteiger partial charge in [0.25, 0.3) is 0 Å². The van der Waals surface area contributed by atoms with E-state index in [9.17, 15) is 9.59 Å². The monoisotopic (exact) mass is 307 g/mol. The first kappa shape index (κ1) is 18.0. The Balaban J connectivity index is 2.32. The number of carbonyl (C=O) groups excluding carboxylic acids is 2. The fourth-order valence-corrected chi connectivity index (χ4v) is 1.82. The molecule has 122 valence electrons. The number of nitrogens with one attached hydrogen (secondary N) is 1. The highest BCUT2D eigenvalue weighted by Gasteiger charge is 2.17. The fraction of sp³-hybridized carbons (Fsp3) is 0.529. The van der Waals surface area contributed by atoms with Gasteiger partial charge in [0.15, 0.2) is 0 Å². The molecule has 0 spiro atoms. The topological polar surface area (TPSA) is 64.6 Å². The van der Waals surface area contributed by atoms with Crippen LogP contribution in [0, 0.1) is 6.92 Å². The molecule has 0 aliphatic heterocycles. The number of ether oxygens (including phenoxy) is 2. The Bertz CT molecular complexity index is 502. The minimum absolute atomic E-state index is 0.201. The molecular weight excluding hydrogens is 282 g/mol. The maximum atomic E-state index is 11.7. The largest absolute Gasteiger partial charge is 0.461 e. The molecule has 22 heavy (non-hydrogen) atoms. The summed E-state index contributed by atoms with van der Waals surface area (Å²) in [5.41, 5.74) is 1.70. The quantitative estimate of drug-likeness (QED) is 0.849. The van der Waals surface area contributed by atoms with Gasteiger partial charge >= 0.3 is 12.1 Å². The summed E-state index contributed by atoms with van der Waals surface area (Å²) in [5.74, 6) is -0.481. The molecule has 0 radical (unpaired) electrons. The van der Waals surface area contributed by atoms with E-state index >= 15 is 0 Å². The van der Waals surface area contributed by atoms with Crippen LogP contribution in [-0.2, 0) is 20.7 Å². The first-order chi connectivity index (χ1) is 10.2. The van der Waals surface area contributed by atoms with Crippen LogP contribution in [-0.4, -0.2) is 30.3 Å². The van der Waals surface area contributed by atoms with Crippen LogP contribution in [0.15, 0.2) is 24.3 Å². The SMILES string of the molecule is Cc1ccc(CC(C)OC(=O)CNC(=O)OC(C)(C)C)cc1. The standard InChI is InChI=1S/C17H25NO4/c1-12-6-8-14(9-7-12)10-13(2)21-15(19)11-18-16(20)22-17(3,4)5/h6-9,13H,10-11H2,1-5H3,(H,18,20). The highest BCUT2D eigenvalue weighted by atomic mass is 16.6. The molecule has 0 saturated heterocycles. The lowest BCUT2D eigenvalue weighted by atomic mass is 10.1. The Kier molecular flexibility index (Phi) is 6.40. The first-order valence-corrected chi connectivity index (χ1v) is 7.37. The normalized spacial score (nSPS) is 12.4. The molecule has 1 N–H and O–H groups in total. The molecule has 0 heterocycles. The molecule has 1 aromatic rings.